The zero-order chi connectivity index (χ0) is 99.0. The highest BCUT2D eigenvalue weighted by atomic mass is 32.2. The SMILES string of the molecule is CC(=O)Cc1cccc(Nc2ncc3c(n2)-c2sc(CN(C)C)nc2CC3)c1.CN(C)Cc1nc2c(s1)-c1nc(Nc3cccc(S(N)(=O)=O)c3)ncc1CC2.Cc1cc(C)cc(Nc2ncc3c(n2)-c2sc(CN(C)C)nc2CC3)c1.Cc1cc(C)cc(Nc2ncc3c(n2)-c2sc(CN4CCNCC4)nc2CC3)c1.NS(=O)(=O)c1cccc(Nc2ncc3c(n2)-c2sc(CN4CCNCC4)nc2CC3)c1. The van der Waals surface area contributed by atoms with Gasteiger partial charge >= 0.3 is 0 Å². The summed E-state index contributed by atoms with van der Waals surface area (Å²) in [6, 6.07) is 33.2. The normalized spacial score (nSPS) is 14.4. The van der Waals surface area contributed by atoms with E-state index in [2.05, 4.69) is 184 Å². The Morgan fingerprint density at radius 1 is 0.352 bits per heavy atom. The number of Topliss-reactive ketones (excluding diaryl/α,β-unsaturated/α-hetero) is 1. The van der Waals surface area contributed by atoms with Gasteiger partial charge in [-0.05, 0) is 270 Å². The first-order chi connectivity index (χ1) is 68.3. The lowest BCUT2D eigenvalue weighted by molar-refractivity contribution is -0.116. The average Bonchev–Trinajstić information content (AvgIpc) is 1.63. The lowest BCUT2D eigenvalue weighted by atomic mass is 10.00. The number of aromatic nitrogens is 15. The van der Waals surface area contributed by atoms with E-state index < -0.39 is 20.0 Å². The van der Waals surface area contributed by atoms with Crippen LogP contribution in [0.15, 0.2) is 150 Å². The Morgan fingerprint density at radius 2 is 0.620 bits per heavy atom. The highest BCUT2D eigenvalue weighted by Gasteiger charge is 2.31. The Hall–Kier alpha value is -12.1. The van der Waals surface area contributed by atoms with Crippen LogP contribution < -0.4 is 47.5 Å². The molecule has 2 aliphatic heterocycles. The van der Waals surface area contributed by atoms with Crippen LogP contribution in [0.2, 0.25) is 0 Å². The standard InChI is InChI=1S/C22H26N6S.C21H23N5OS.C20H23N7O2S2.C20H23N5S.C18H20N6O2S2/c1-14-9-15(2)11-17(10-14)25-22-24-12-16-3-4-18-21(20(16)27-22)29-19(26-18)13-28-7-5-23-6-8-28;1-13(27)9-14-5-4-6-16(10-14)23-21-22-11-15-7-8-17-20(19(15)25-21)28-18(24-17)12-26(2)3;21-31(28,29)15-3-1-2-14(10-15)24-20-23-11-13-4-5-16-19(18(13)26-20)30-17(25-16)12-27-8-6-22-7-9-27;1-12-7-13(2)9-15(8-12)22-20-21-10-14-5-6-16-19(18(14)24-20)26-17(23-16)11-25(3)4;1-24(2)10-15-22-14-7-6-11-9-20-18(23-16(11)17(14)27-15)21-12-4-3-5-13(8-12)28(19,25)26/h9-12,23H,3-8,13H2,1-2H3,(H,24,25,27);4-6,10-11H,7-9,12H2,1-3H3,(H,22,23,25);1-3,10-11,22H,4-9,12H2,(H2,21,28,29)(H,23,24,26);7-10H,5-6,11H2,1-4H3,(H,21,22,24);3-5,8-9H,6-7,10H2,1-2H3,(H2,19,25,26)(H,20,21,23). The van der Waals surface area contributed by atoms with Crippen LogP contribution in [0.3, 0.4) is 0 Å². The van der Waals surface area contributed by atoms with Crippen molar-refractivity contribution in [2.45, 2.75) is 148 Å². The Balaban J connectivity index is 0.000000117. The van der Waals surface area contributed by atoms with E-state index in [0.717, 1.165) is 263 Å². The fourth-order valence-electron chi connectivity index (χ4n) is 17.8. The molecule has 2 fully saturated rings. The van der Waals surface area contributed by atoms with Gasteiger partial charge in [-0.3, -0.25) is 14.6 Å². The van der Waals surface area contributed by atoms with Crippen molar-refractivity contribution in [3.05, 3.63) is 249 Å². The maximum atomic E-state index is 11.6. The second-order valence-electron chi connectivity index (χ2n) is 37.1. The Labute approximate surface area is 847 Å². The van der Waals surface area contributed by atoms with E-state index in [0.29, 0.717) is 47.5 Å². The van der Waals surface area contributed by atoms with Crippen LogP contribution in [0.25, 0.3) is 52.9 Å². The van der Waals surface area contributed by atoms with Gasteiger partial charge in [-0.25, -0.2) is 102 Å². The van der Waals surface area contributed by atoms with Crippen molar-refractivity contribution >= 4 is 141 Å². The molecule has 22 rings (SSSR count). The van der Waals surface area contributed by atoms with E-state index in [1.165, 1.54) is 89.4 Å². The maximum absolute atomic E-state index is 11.6. The average molecular weight is 2040 g/mol. The van der Waals surface area contributed by atoms with Gasteiger partial charge in [0.25, 0.3) is 0 Å². The number of thiazole rings is 5. The molecule has 5 aliphatic carbocycles. The van der Waals surface area contributed by atoms with Crippen LogP contribution >= 0.6 is 56.7 Å². The van der Waals surface area contributed by atoms with E-state index in [4.69, 9.17) is 55.1 Å². The van der Waals surface area contributed by atoms with Crippen molar-refractivity contribution in [2.24, 2.45) is 10.3 Å². The van der Waals surface area contributed by atoms with Gasteiger partial charge in [0.05, 0.1) is 104 Å². The monoisotopic (exact) mass is 2040 g/mol. The lowest BCUT2D eigenvalue weighted by Crippen LogP contribution is -2.42. The number of carbonyl (C=O) groups excluding carboxylic acids is 1. The van der Waals surface area contributed by atoms with Gasteiger partial charge in [-0.1, -0.05) is 36.4 Å². The van der Waals surface area contributed by atoms with Crippen LogP contribution in [-0.4, -0.2) is 217 Å². The molecule has 12 heterocycles. The Bertz CT molecular complexity index is 7350. The number of nitrogens with one attached hydrogen (secondary N) is 7. The molecule has 41 heteroatoms. The van der Waals surface area contributed by atoms with Crippen molar-refractivity contribution in [2.75, 3.05) is 121 Å². The summed E-state index contributed by atoms with van der Waals surface area (Å²) in [5.41, 5.74) is 26.3. The minimum absolute atomic E-state index is 0.0357. The van der Waals surface area contributed by atoms with Gasteiger partial charge in [0, 0.05) is 138 Å². The van der Waals surface area contributed by atoms with Crippen molar-refractivity contribution in [3.63, 3.8) is 0 Å². The Kier molecular flexibility index (Phi) is 31.2. The predicted molar refractivity (Wildman–Crippen MR) is 566 cm³/mol. The number of nitrogens with two attached hydrogens (primary N) is 2. The molecule has 15 aromatic rings. The zero-order valence-corrected chi connectivity index (χ0v) is 87.0. The van der Waals surface area contributed by atoms with Gasteiger partial charge < -0.3 is 51.9 Å². The molecule has 5 aromatic carbocycles. The van der Waals surface area contributed by atoms with Crippen molar-refractivity contribution < 1.29 is 21.6 Å². The van der Waals surface area contributed by atoms with E-state index in [1.54, 1.807) is 87.9 Å². The first kappa shape index (κ1) is 100.0. The number of hydrogen-bond acceptors (Lipinski definition) is 37. The molecule has 7 aliphatic rings. The van der Waals surface area contributed by atoms with Crippen LogP contribution in [0.4, 0.5) is 58.2 Å². The number of nitrogens with zero attached hydrogens (tertiary/aromatic N) is 20. The summed E-state index contributed by atoms with van der Waals surface area (Å²) in [7, 11) is 4.75. The van der Waals surface area contributed by atoms with Crippen molar-refractivity contribution in [1.29, 1.82) is 0 Å². The van der Waals surface area contributed by atoms with Crippen molar-refractivity contribution in [3.8, 4) is 52.9 Å². The topological polar surface area (TPSA) is 431 Å². The first-order valence-electron chi connectivity index (χ1n) is 47.2. The number of sulfonamides is 2. The lowest BCUT2D eigenvalue weighted by Gasteiger charge is -2.26. The van der Waals surface area contributed by atoms with Crippen LogP contribution in [0, 0.1) is 27.7 Å². The number of primary sulfonamides is 2. The number of anilines is 10. The minimum Gasteiger partial charge on any atom is -0.324 e. The van der Waals surface area contributed by atoms with Gasteiger partial charge in [-0.2, -0.15) is 0 Å². The van der Waals surface area contributed by atoms with Crippen LogP contribution in [0.5, 0.6) is 0 Å². The van der Waals surface area contributed by atoms with E-state index in [9.17, 15) is 21.6 Å². The molecule has 2 saturated heterocycles. The van der Waals surface area contributed by atoms with Gasteiger partial charge in [0.1, 0.15) is 30.8 Å². The second kappa shape index (κ2) is 44.4. The molecule has 0 spiro atoms. The summed E-state index contributed by atoms with van der Waals surface area (Å²) >= 11 is 8.64. The molecule has 0 amide bonds. The van der Waals surface area contributed by atoms with E-state index in [1.807, 2.05) is 69.3 Å². The molecule has 0 atom stereocenters. The summed E-state index contributed by atoms with van der Waals surface area (Å²) in [5, 5.41) is 39.1. The minimum atomic E-state index is -3.78. The highest BCUT2D eigenvalue weighted by molar-refractivity contribution is 7.89. The fourth-order valence-corrected chi connectivity index (χ4v) is 25.1. The molecule has 0 bridgehead atoms. The molecule has 0 unspecified atom stereocenters. The number of rotatable bonds is 24. The van der Waals surface area contributed by atoms with Crippen LogP contribution in [0.1, 0.15) is 116 Å². The fraction of sp³-hybridized carbons (Fsp3) is 0.347. The van der Waals surface area contributed by atoms with Gasteiger partial charge in [0.15, 0.2) is 0 Å². The number of piperazine rings is 2. The predicted octanol–water partition coefficient (Wildman–Crippen LogP) is 14.9. The molecule has 142 heavy (non-hydrogen) atoms. The highest BCUT2D eigenvalue weighted by Crippen LogP contribution is 2.44. The molecule has 0 saturated carbocycles. The van der Waals surface area contributed by atoms with Crippen LogP contribution in [-0.2, 0) is 128 Å². The number of fused-ring (bicyclic) bond motifs is 15. The largest absolute Gasteiger partial charge is 0.324 e. The maximum Gasteiger partial charge on any atom is 0.238 e. The van der Waals surface area contributed by atoms with Gasteiger partial charge in [0.2, 0.25) is 49.8 Å². The van der Waals surface area contributed by atoms with E-state index >= 15 is 0 Å². The summed E-state index contributed by atoms with van der Waals surface area (Å²) in [6.45, 7) is 22.7. The van der Waals surface area contributed by atoms with Crippen molar-refractivity contribution in [1.82, 2.24) is 110 Å². The third-order valence-electron chi connectivity index (χ3n) is 24.2. The summed E-state index contributed by atoms with van der Waals surface area (Å²) < 4.78 is 46.3. The molecular weight excluding hydrogens is 1920 g/mol. The smallest absolute Gasteiger partial charge is 0.238 e. The number of ketones is 1. The van der Waals surface area contributed by atoms with E-state index in [-0.39, 0.29) is 15.6 Å². The molecular formula is C101H115N29O5S7. The molecule has 0 radical (unpaired) electrons. The molecule has 10 aromatic heterocycles. The number of hydrogen-bond donors (Lipinski definition) is 9. The third kappa shape index (κ3) is 25.5. The first-order valence-corrected chi connectivity index (χ1v) is 54.4. The quantitative estimate of drug-likeness (QED) is 0.0271. The second-order valence-corrected chi connectivity index (χ2v) is 45.7. The summed E-state index contributed by atoms with van der Waals surface area (Å²) in [4.78, 5) is 99.1. The molecule has 11 N–H and O–H groups in total. The number of aryl methyl sites for hydroxylation is 14. The molecule has 736 valence electrons. The third-order valence-corrected chi connectivity index (χ3v) is 31.5. The zero-order valence-electron chi connectivity index (χ0n) is 81.2. The summed E-state index contributed by atoms with van der Waals surface area (Å²) in [5.74, 6) is 2.82. The number of carbonyl (C=O) groups is 1. The summed E-state index contributed by atoms with van der Waals surface area (Å²) in [6.07, 6.45) is 19.2. The Morgan fingerprint density at radius 3 is 0.901 bits per heavy atom. The molecule has 34 nitrogen and oxygen atoms in total. The van der Waals surface area contributed by atoms with Gasteiger partial charge in [-0.15, -0.1) is 56.7 Å². The number of benzene rings is 5.